The molecule has 51 heavy (non-hydrogen) atoms. The molecule has 0 radical (unpaired) electrons. The summed E-state index contributed by atoms with van der Waals surface area (Å²) in [5.74, 6) is -2.91. The topological polar surface area (TPSA) is 148 Å². The Morgan fingerprint density at radius 1 is 1.08 bits per heavy atom. The molecular formula is C37H41F2N5O5S2. The Kier molecular flexibility index (Phi) is 9.79. The van der Waals surface area contributed by atoms with Crippen molar-refractivity contribution in [2.24, 2.45) is 18.4 Å². The van der Waals surface area contributed by atoms with Crippen LogP contribution in [0.1, 0.15) is 69.7 Å². The van der Waals surface area contributed by atoms with E-state index in [2.05, 4.69) is 4.98 Å². The fourth-order valence-corrected chi connectivity index (χ4v) is 10.3. The summed E-state index contributed by atoms with van der Waals surface area (Å²) in [7, 11) is -4.20. The van der Waals surface area contributed by atoms with Gasteiger partial charge in [0.25, 0.3) is 0 Å². The van der Waals surface area contributed by atoms with Gasteiger partial charge in [-0.05, 0) is 79.6 Å². The van der Waals surface area contributed by atoms with Gasteiger partial charge in [-0.3, -0.25) is 9.78 Å². The zero-order valence-electron chi connectivity index (χ0n) is 29.2. The number of hydrogen-bond donors (Lipinski definition) is 2. The van der Waals surface area contributed by atoms with Crippen LogP contribution in [0.5, 0.6) is 0 Å². The zero-order chi connectivity index (χ0) is 36.9. The lowest BCUT2D eigenvalue weighted by Crippen LogP contribution is -2.30. The Bertz CT molecular complexity index is 2280. The predicted molar refractivity (Wildman–Crippen MR) is 191 cm³/mol. The van der Waals surface area contributed by atoms with E-state index < -0.39 is 55.0 Å². The van der Waals surface area contributed by atoms with Crippen molar-refractivity contribution < 1.29 is 31.3 Å². The lowest BCUT2D eigenvalue weighted by atomic mass is 9.78. The van der Waals surface area contributed by atoms with Crippen LogP contribution in [0.15, 0.2) is 64.5 Å². The number of aromatic amines is 1. The number of H-pyrrole nitrogens is 1. The minimum absolute atomic E-state index is 0.0101. The van der Waals surface area contributed by atoms with E-state index in [9.17, 15) is 22.5 Å². The van der Waals surface area contributed by atoms with Gasteiger partial charge in [-0.15, -0.1) is 0 Å². The molecule has 5 aromatic rings. The summed E-state index contributed by atoms with van der Waals surface area (Å²) < 4.78 is 74.5. The Morgan fingerprint density at radius 3 is 2.59 bits per heavy atom. The molecule has 0 spiro atoms. The fraction of sp³-hybridized carbons (Fsp3) is 0.405. The van der Waals surface area contributed by atoms with Crippen molar-refractivity contribution in [3.63, 3.8) is 0 Å². The molecule has 0 amide bonds. The van der Waals surface area contributed by atoms with E-state index in [4.69, 9.17) is 15.1 Å². The lowest BCUT2D eigenvalue weighted by Gasteiger charge is -2.30. The zero-order valence-corrected chi connectivity index (χ0v) is 30.8. The number of aryl methyl sites for hydroxylation is 2. The highest BCUT2D eigenvalue weighted by molar-refractivity contribution is 7.91. The van der Waals surface area contributed by atoms with Gasteiger partial charge in [0.05, 0.1) is 49.8 Å². The summed E-state index contributed by atoms with van der Waals surface area (Å²) in [6.07, 6.45) is 3.30. The average Bonchev–Trinajstić information content (AvgIpc) is 3.69. The maximum absolute atomic E-state index is 15.8. The predicted octanol–water partition coefficient (Wildman–Crippen LogP) is 6.54. The van der Waals surface area contributed by atoms with Gasteiger partial charge in [-0.25, -0.2) is 31.1 Å². The van der Waals surface area contributed by atoms with Gasteiger partial charge < -0.3 is 10.1 Å². The van der Waals surface area contributed by atoms with Crippen LogP contribution in [0.2, 0.25) is 0 Å². The summed E-state index contributed by atoms with van der Waals surface area (Å²) >= 11 is 0. The van der Waals surface area contributed by atoms with Crippen molar-refractivity contribution in [2.45, 2.75) is 75.0 Å². The van der Waals surface area contributed by atoms with Gasteiger partial charge in [0.2, 0.25) is 0 Å². The van der Waals surface area contributed by atoms with Crippen molar-refractivity contribution >= 4 is 37.5 Å². The number of aliphatic carboxylic acids is 1. The molecule has 2 aromatic carbocycles. The lowest BCUT2D eigenvalue weighted by molar-refractivity contribution is -0.141. The molecule has 4 bridgehead atoms. The standard InChI is InChI=1S/C37H41F2N5O5S2/c1-22(34(45)46)18-23-8-6-9-31(41-23)37(4)15-7-14-36(2,3)21-51(48,49)17-13-26-25-12-16-40-30(25)20-29(39)32(26)50(47)24-10-11-28(38)27(19-24)33-42-35(37)43-44(33)5/h6,8-12,16,19-20,22,40H,7,13-15,17-18,21H2,1-5H3,(H,45,46)/t22-,37?,50?/m0/s1. The number of nitrogens with one attached hydrogen (secondary N) is 1. The molecule has 270 valence electrons. The molecule has 0 saturated carbocycles. The largest absolute Gasteiger partial charge is 0.481 e. The summed E-state index contributed by atoms with van der Waals surface area (Å²) in [5.41, 5.74) is 0.369. The molecule has 3 atom stereocenters. The van der Waals surface area contributed by atoms with Crippen molar-refractivity contribution in [1.82, 2.24) is 24.7 Å². The molecule has 0 saturated heterocycles. The van der Waals surface area contributed by atoms with E-state index in [1.54, 1.807) is 38.4 Å². The van der Waals surface area contributed by atoms with Crippen LogP contribution in [0.3, 0.4) is 0 Å². The number of carboxylic acids is 1. The quantitative estimate of drug-likeness (QED) is 0.211. The summed E-state index contributed by atoms with van der Waals surface area (Å²) in [6.45, 7) is 7.32. The van der Waals surface area contributed by atoms with Crippen LogP contribution < -0.4 is 0 Å². The number of aromatic nitrogens is 5. The van der Waals surface area contributed by atoms with Gasteiger partial charge in [0, 0.05) is 41.2 Å². The van der Waals surface area contributed by atoms with E-state index in [-0.39, 0.29) is 45.5 Å². The Labute approximate surface area is 298 Å². The normalized spacial score (nSPS) is 21.4. The van der Waals surface area contributed by atoms with Gasteiger partial charge in [-0.2, -0.15) is 5.10 Å². The molecule has 4 heterocycles. The van der Waals surface area contributed by atoms with Crippen LogP contribution in [0.25, 0.3) is 22.3 Å². The second-order valence-corrected chi connectivity index (χ2v) is 18.1. The van der Waals surface area contributed by atoms with E-state index in [1.807, 2.05) is 26.8 Å². The van der Waals surface area contributed by atoms with E-state index >= 15 is 8.78 Å². The molecule has 2 unspecified atom stereocenters. The highest BCUT2D eigenvalue weighted by Gasteiger charge is 2.37. The van der Waals surface area contributed by atoms with E-state index in [0.717, 1.165) is 6.07 Å². The van der Waals surface area contributed by atoms with Crippen LogP contribution >= 0.6 is 0 Å². The third-order valence-corrected chi connectivity index (χ3v) is 13.4. The second kappa shape index (κ2) is 13.7. The number of halogens is 2. The van der Waals surface area contributed by atoms with Gasteiger partial charge >= 0.3 is 5.97 Å². The number of carbonyl (C=O) groups is 1. The van der Waals surface area contributed by atoms with E-state index in [1.165, 1.54) is 22.9 Å². The number of carboxylic acid groups (broad SMARTS) is 1. The maximum atomic E-state index is 15.8. The minimum atomic E-state index is -3.67. The fourth-order valence-electron chi connectivity index (χ4n) is 7.01. The van der Waals surface area contributed by atoms with Gasteiger partial charge in [0.15, 0.2) is 21.5 Å². The number of hydrogen-bond acceptors (Lipinski definition) is 7. The van der Waals surface area contributed by atoms with Crippen molar-refractivity contribution in [3.05, 3.63) is 89.1 Å². The first-order chi connectivity index (χ1) is 24.0. The van der Waals surface area contributed by atoms with Crippen molar-refractivity contribution in [2.75, 3.05) is 11.5 Å². The summed E-state index contributed by atoms with van der Waals surface area (Å²) in [6, 6.07) is 12.2. The molecule has 1 aliphatic heterocycles. The number of nitrogens with zero attached hydrogens (tertiary/aromatic N) is 4. The van der Waals surface area contributed by atoms with E-state index in [0.29, 0.717) is 52.9 Å². The molecular weight excluding hydrogens is 697 g/mol. The molecule has 6 rings (SSSR count). The Balaban J connectivity index is 1.53. The van der Waals surface area contributed by atoms with Crippen LogP contribution in [0, 0.1) is 23.0 Å². The number of fused-ring (bicyclic) bond motifs is 8. The third-order valence-electron chi connectivity index (χ3n) is 9.81. The number of sulfone groups is 1. The molecule has 0 fully saturated rings. The Hall–Kier alpha value is -4.30. The second-order valence-electron chi connectivity index (χ2n) is 14.5. The minimum Gasteiger partial charge on any atom is -0.481 e. The van der Waals surface area contributed by atoms with Crippen molar-refractivity contribution in [1.29, 1.82) is 0 Å². The summed E-state index contributed by atoms with van der Waals surface area (Å²) in [4.78, 5) is 24.2. The molecule has 2 N–H and O–H groups in total. The van der Waals surface area contributed by atoms with Crippen LogP contribution in [-0.4, -0.2) is 59.9 Å². The summed E-state index contributed by atoms with van der Waals surface area (Å²) in [5, 5.41) is 14.8. The highest BCUT2D eigenvalue weighted by Crippen LogP contribution is 2.39. The number of benzene rings is 2. The highest BCUT2D eigenvalue weighted by atomic mass is 32.2. The first-order valence-electron chi connectivity index (χ1n) is 16.8. The van der Waals surface area contributed by atoms with Crippen LogP contribution in [-0.2, 0) is 50.7 Å². The first-order valence-corrected chi connectivity index (χ1v) is 19.8. The average molecular weight is 738 g/mol. The Morgan fingerprint density at radius 2 is 1.84 bits per heavy atom. The maximum Gasteiger partial charge on any atom is 0.306 e. The number of rotatable bonds is 4. The number of pyridine rings is 1. The molecule has 3 aromatic heterocycles. The SMILES string of the molecule is C[C@@H](Cc1cccc(C2(C)CCCC(C)(C)CS(=O)(=O)CCc3c(c(F)cc4[nH]ccc34)S(=O)c3ccc(F)c(c3)-c3nc2nn3C)n1)C(=O)O. The van der Waals surface area contributed by atoms with Gasteiger partial charge in [0.1, 0.15) is 11.6 Å². The third kappa shape index (κ3) is 7.39. The molecule has 1 aliphatic rings. The van der Waals surface area contributed by atoms with Crippen molar-refractivity contribution in [3.8, 4) is 11.4 Å². The molecule has 10 nitrogen and oxygen atoms in total. The smallest absolute Gasteiger partial charge is 0.306 e. The molecule has 0 aliphatic carbocycles. The van der Waals surface area contributed by atoms with Crippen LogP contribution in [0.4, 0.5) is 8.78 Å². The molecule has 14 heteroatoms. The monoisotopic (exact) mass is 737 g/mol. The first kappa shape index (κ1) is 36.5. The van der Waals surface area contributed by atoms with Gasteiger partial charge in [-0.1, -0.05) is 33.3 Å².